The van der Waals surface area contributed by atoms with Gasteiger partial charge in [-0.3, -0.25) is 4.79 Å². The molecule has 126 valence electrons. The number of carbonyl (C=O) groups is 1. The van der Waals surface area contributed by atoms with Gasteiger partial charge in [-0.05, 0) is 37.3 Å². The summed E-state index contributed by atoms with van der Waals surface area (Å²) in [4.78, 5) is 26.1. The first kappa shape index (κ1) is 15.9. The lowest BCUT2D eigenvalue weighted by Crippen LogP contribution is -2.39. The van der Waals surface area contributed by atoms with E-state index in [2.05, 4.69) is 20.9 Å². The number of thioether (sulfide) groups is 1. The van der Waals surface area contributed by atoms with E-state index < -0.39 is 0 Å². The Morgan fingerprint density at radius 2 is 2.28 bits per heavy atom. The molecular weight excluding hydrogens is 334 g/mol. The van der Waals surface area contributed by atoms with E-state index >= 15 is 0 Å². The molecule has 1 atom stereocenters. The number of amides is 1. The highest BCUT2D eigenvalue weighted by atomic mass is 32.2. The summed E-state index contributed by atoms with van der Waals surface area (Å²) < 4.78 is 0. The minimum Gasteiger partial charge on any atom is -0.351 e. The van der Waals surface area contributed by atoms with Crippen LogP contribution in [0.5, 0.6) is 0 Å². The van der Waals surface area contributed by atoms with E-state index in [4.69, 9.17) is 5.26 Å². The normalized spacial score (nSPS) is 19.2. The van der Waals surface area contributed by atoms with E-state index in [0.29, 0.717) is 22.8 Å². The van der Waals surface area contributed by atoms with Gasteiger partial charge in [-0.15, -0.1) is 0 Å². The van der Waals surface area contributed by atoms with Crippen molar-refractivity contribution in [2.75, 3.05) is 29.1 Å². The third-order valence-corrected chi connectivity index (χ3v) is 5.30. The summed E-state index contributed by atoms with van der Waals surface area (Å²) in [6.45, 7) is 1.50. The molecule has 4 rings (SSSR count). The molecule has 0 spiro atoms. The van der Waals surface area contributed by atoms with Crippen molar-refractivity contribution >= 4 is 29.2 Å². The smallest absolute Gasteiger partial charge is 0.263 e. The van der Waals surface area contributed by atoms with Gasteiger partial charge in [0.05, 0.1) is 11.6 Å². The van der Waals surface area contributed by atoms with Crippen molar-refractivity contribution in [3.8, 4) is 6.07 Å². The topological polar surface area (TPSA) is 73.1 Å². The van der Waals surface area contributed by atoms with Crippen LogP contribution in [0.1, 0.15) is 28.8 Å². The Bertz CT molecular complexity index is 878. The van der Waals surface area contributed by atoms with Crippen LogP contribution in [0.3, 0.4) is 0 Å². The van der Waals surface area contributed by atoms with E-state index in [9.17, 15) is 4.79 Å². The van der Waals surface area contributed by atoms with Crippen molar-refractivity contribution in [1.82, 2.24) is 9.97 Å². The van der Waals surface area contributed by atoms with Crippen molar-refractivity contribution in [2.45, 2.75) is 24.0 Å². The van der Waals surface area contributed by atoms with Crippen molar-refractivity contribution in [2.24, 2.45) is 0 Å². The molecule has 1 aromatic carbocycles. The molecule has 1 fully saturated rings. The van der Waals surface area contributed by atoms with Crippen LogP contribution in [-0.2, 0) is 0 Å². The molecule has 2 aromatic rings. The zero-order valence-corrected chi connectivity index (χ0v) is 14.7. The van der Waals surface area contributed by atoms with Gasteiger partial charge in [0.25, 0.3) is 5.91 Å². The molecule has 6 nitrogen and oxygen atoms in total. The highest BCUT2D eigenvalue weighted by molar-refractivity contribution is 7.98. The molecule has 1 unspecified atom stereocenters. The lowest BCUT2D eigenvalue weighted by Gasteiger charge is -2.27. The van der Waals surface area contributed by atoms with Crippen molar-refractivity contribution in [1.29, 1.82) is 5.26 Å². The maximum Gasteiger partial charge on any atom is 0.263 e. The summed E-state index contributed by atoms with van der Waals surface area (Å²) in [6.07, 6.45) is 5.68. The molecular formula is C18H17N5OS. The summed E-state index contributed by atoms with van der Waals surface area (Å²) >= 11 is 1.48. The number of hydrogen-bond acceptors (Lipinski definition) is 6. The number of hydrogen-bond donors (Lipinski definition) is 0. The Labute approximate surface area is 150 Å². The molecule has 2 aliphatic rings. The van der Waals surface area contributed by atoms with E-state index in [1.807, 2.05) is 18.4 Å². The third-order valence-electron chi connectivity index (χ3n) is 4.73. The van der Waals surface area contributed by atoms with Crippen molar-refractivity contribution in [3.05, 3.63) is 41.6 Å². The minimum atomic E-state index is -0.104. The molecule has 1 amide bonds. The van der Waals surface area contributed by atoms with Crippen LogP contribution in [-0.4, -0.2) is 41.3 Å². The molecule has 0 bridgehead atoms. The number of anilines is 2. The van der Waals surface area contributed by atoms with Gasteiger partial charge in [0.2, 0.25) is 0 Å². The van der Waals surface area contributed by atoms with Crippen LogP contribution in [0, 0.1) is 11.3 Å². The molecule has 7 heteroatoms. The van der Waals surface area contributed by atoms with Crippen LogP contribution in [0.4, 0.5) is 11.5 Å². The molecule has 0 saturated carbocycles. The molecule has 2 aliphatic heterocycles. The quantitative estimate of drug-likeness (QED) is 0.612. The number of benzene rings is 1. The van der Waals surface area contributed by atoms with Gasteiger partial charge in [0.15, 0.2) is 5.16 Å². The van der Waals surface area contributed by atoms with Gasteiger partial charge in [-0.1, -0.05) is 17.8 Å². The Balaban J connectivity index is 1.83. The second-order valence-electron chi connectivity index (χ2n) is 6.16. The number of nitriles is 1. The van der Waals surface area contributed by atoms with Gasteiger partial charge < -0.3 is 9.80 Å². The Morgan fingerprint density at radius 1 is 1.40 bits per heavy atom. The van der Waals surface area contributed by atoms with Gasteiger partial charge in [-0.2, -0.15) is 5.26 Å². The second kappa shape index (κ2) is 6.37. The number of carbonyl (C=O) groups excluding carboxylic acids is 1. The monoisotopic (exact) mass is 351 g/mol. The summed E-state index contributed by atoms with van der Waals surface area (Å²) in [6, 6.07) is 9.57. The first-order valence-electron chi connectivity index (χ1n) is 8.21. The molecule has 25 heavy (non-hydrogen) atoms. The minimum absolute atomic E-state index is 0.104. The Hall–Kier alpha value is -2.59. The lowest BCUT2D eigenvalue weighted by molar-refractivity contribution is 0.0988. The number of rotatable bonds is 2. The fraction of sp³-hybridized carbons (Fsp3) is 0.333. The third kappa shape index (κ3) is 2.72. The molecule has 1 aromatic heterocycles. The fourth-order valence-corrected chi connectivity index (χ4v) is 3.87. The average molecular weight is 351 g/mol. The van der Waals surface area contributed by atoms with Gasteiger partial charge in [0.1, 0.15) is 11.4 Å². The Kier molecular flexibility index (Phi) is 4.06. The second-order valence-corrected chi connectivity index (χ2v) is 6.93. The molecule has 0 aliphatic carbocycles. The number of aromatic nitrogens is 2. The van der Waals surface area contributed by atoms with E-state index in [0.717, 1.165) is 30.9 Å². The maximum absolute atomic E-state index is 13.2. The summed E-state index contributed by atoms with van der Waals surface area (Å²) in [5.74, 6) is 0.637. The molecule has 0 N–H and O–H groups in total. The van der Waals surface area contributed by atoms with Gasteiger partial charge >= 0.3 is 0 Å². The lowest BCUT2D eigenvalue weighted by atomic mass is 10.1. The summed E-state index contributed by atoms with van der Waals surface area (Å²) in [5, 5.41) is 9.84. The highest BCUT2D eigenvalue weighted by Crippen LogP contribution is 2.34. The van der Waals surface area contributed by atoms with E-state index in [1.165, 1.54) is 11.8 Å². The standard InChI is InChI=1S/C18H17N5OS/c1-25-18-20-10-15-16(21-18)22-7-3-6-14(22)11-23(17(15)24)13-5-2-4-12(8-13)9-19/h2,4-5,8,10,14H,3,6-7,11H2,1H3. The average Bonchev–Trinajstić information content (AvgIpc) is 3.09. The van der Waals surface area contributed by atoms with Crippen LogP contribution < -0.4 is 9.80 Å². The first-order chi connectivity index (χ1) is 12.2. The Morgan fingerprint density at radius 3 is 3.08 bits per heavy atom. The van der Waals surface area contributed by atoms with Crippen LogP contribution in [0.15, 0.2) is 35.6 Å². The largest absolute Gasteiger partial charge is 0.351 e. The van der Waals surface area contributed by atoms with Crippen LogP contribution in [0.25, 0.3) is 0 Å². The predicted molar refractivity (Wildman–Crippen MR) is 97.0 cm³/mol. The number of fused-ring (bicyclic) bond motifs is 3. The maximum atomic E-state index is 13.2. The van der Waals surface area contributed by atoms with Gasteiger partial charge in [0, 0.05) is 31.0 Å². The van der Waals surface area contributed by atoms with Crippen LogP contribution in [0.2, 0.25) is 0 Å². The fourth-order valence-electron chi connectivity index (χ4n) is 3.53. The molecule has 0 radical (unpaired) electrons. The first-order valence-corrected chi connectivity index (χ1v) is 9.43. The van der Waals surface area contributed by atoms with E-state index in [-0.39, 0.29) is 11.9 Å². The zero-order chi connectivity index (χ0) is 17.4. The summed E-state index contributed by atoms with van der Waals surface area (Å²) in [7, 11) is 0. The van der Waals surface area contributed by atoms with E-state index in [1.54, 1.807) is 23.2 Å². The predicted octanol–water partition coefficient (Wildman–Crippen LogP) is 2.70. The van der Waals surface area contributed by atoms with Gasteiger partial charge in [-0.25, -0.2) is 9.97 Å². The van der Waals surface area contributed by atoms with Crippen molar-refractivity contribution < 1.29 is 4.79 Å². The highest BCUT2D eigenvalue weighted by Gasteiger charge is 2.37. The molecule has 1 saturated heterocycles. The van der Waals surface area contributed by atoms with Crippen molar-refractivity contribution in [3.63, 3.8) is 0 Å². The SMILES string of the molecule is CSc1ncc2c(n1)N1CCCC1CN(c1cccc(C#N)c1)C2=O. The summed E-state index contributed by atoms with van der Waals surface area (Å²) in [5.41, 5.74) is 1.83. The van der Waals surface area contributed by atoms with Crippen LogP contribution >= 0.6 is 11.8 Å². The molecule has 3 heterocycles. The zero-order valence-electron chi connectivity index (χ0n) is 13.8. The number of nitrogens with zero attached hydrogens (tertiary/aromatic N) is 5.